The normalized spacial score (nSPS) is 23.5. The number of halogens is 1. The standard InChI is InChI=1S/C21H29ClN4O5/c1-5-31-16-11-14(10-15(30-4)18(16)22)26-9-8-25(12-13(26)2)17(27)6-7-21(3)19(28)23-20(29)24-21/h10-11,13H,5-9,12H2,1-4H3,(H2,23,24,28,29)/t13-,21+/m0/s1. The Balaban J connectivity index is 1.64. The summed E-state index contributed by atoms with van der Waals surface area (Å²) >= 11 is 6.34. The number of ether oxygens (including phenoxy) is 2. The summed E-state index contributed by atoms with van der Waals surface area (Å²) in [4.78, 5) is 40.1. The Morgan fingerprint density at radius 1 is 1.29 bits per heavy atom. The Morgan fingerprint density at radius 2 is 2.00 bits per heavy atom. The van der Waals surface area contributed by atoms with Gasteiger partial charge >= 0.3 is 6.03 Å². The van der Waals surface area contributed by atoms with Gasteiger partial charge < -0.3 is 24.6 Å². The van der Waals surface area contributed by atoms with Crippen LogP contribution in [0.15, 0.2) is 12.1 Å². The number of hydrogen-bond acceptors (Lipinski definition) is 6. The fourth-order valence-corrected chi connectivity index (χ4v) is 4.21. The number of carbonyl (C=O) groups excluding carboxylic acids is 3. The van der Waals surface area contributed by atoms with E-state index in [-0.39, 0.29) is 24.8 Å². The zero-order valence-corrected chi connectivity index (χ0v) is 19.0. The van der Waals surface area contributed by atoms with Crippen molar-refractivity contribution in [3.05, 3.63) is 17.2 Å². The highest BCUT2D eigenvalue weighted by Crippen LogP contribution is 2.39. The second-order valence-electron chi connectivity index (χ2n) is 8.02. The van der Waals surface area contributed by atoms with Crippen LogP contribution in [0.25, 0.3) is 0 Å². The minimum Gasteiger partial charge on any atom is -0.495 e. The van der Waals surface area contributed by atoms with Gasteiger partial charge in [0, 0.05) is 49.9 Å². The predicted octanol–water partition coefficient (Wildman–Crippen LogP) is 2.16. The van der Waals surface area contributed by atoms with Crippen molar-refractivity contribution in [1.29, 1.82) is 0 Å². The van der Waals surface area contributed by atoms with E-state index >= 15 is 0 Å². The van der Waals surface area contributed by atoms with Gasteiger partial charge in [-0.1, -0.05) is 11.6 Å². The van der Waals surface area contributed by atoms with Gasteiger partial charge in [0.05, 0.1) is 13.7 Å². The molecule has 1 aromatic carbocycles. The molecule has 3 rings (SSSR count). The van der Waals surface area contributed by atoms with Crippen molar-refractivity contribution >= 4 is 35.1 Å². The molecule has 31 heavy (non-hydrogen) atoms. The van der Waals surface area contributed by atoms with Crippen molar-refractivity contribution in [2.24, 2.45) is 0 Å². The number of urea groups is 1. The summed E-state index contributed by atoms with van der Waals surface area (Å²) in [6, 6.07) is 3.31. The summed E-state index contributed by atoms with van der Waals surface area (Å²) in [6.45, 7) is 7.79. The number of piperazine rings is 1. The topological polar surface area (TPSA) is 100 Å². The van der Waals surface area contributed by atoms with Crippen LogP contribution >= 0.6 is 11.6 Å². The highest BCUT2D eigenvalue weighted by molar-refractivity contribution is 6.33. The van der Waals surface area contributed by atoms with E-state index in [1.807, 2.05) is 26.0 Å². The number of carbonyl (C=O) groups is 3. The first kappa shape index (κ1) is 23.0. The molecule has 2 saturated heterocycles. The number of hydrogen-bond donors (Lipinski definition) is 2. The minimum atomic E-state index is -1.05. The van der Waals surface area contributed by atoms with Crippen LogP contribution < -0.4 is 25.0 Å². The molecule has 2 aliphatic rings. The molecule has 170 valence electrons. The van der Waals surface area contributed by atoms with E-state index in [2.05, 4.69) is 15.5 Å². The molecule has 4 amide bonds. The molecular weight excluding hydrogens is 424 g/mol. The molecule has 10 heteroatoms. The van der Waals surface area contributed by atoms with Crippen LogP contribution in [0.2, 0.25) is 5.02 Å². The van der Waals surface area contributed by atoms with Gasteiger partial charge in [-0.3, -0.25) is 14.9 Å². The van der Waals surface area contributed by atoms with E-state index < -0.39 is 17.5 Å². The number of nitrogens with one attached hydrogen (secondary N) is 2. The Labute approximate surface area is 187 Å². The molecule has 2 heterocycles. The third kappa shape index (κ3) is 4.81. The van der Waals surface area contributed by atoms with Gasteiger partial charge in [-0.2, -0.15) is 0 Å². The monoisotopic (exact) mass is 452 g/mol. The number of benzene rings is 1. The maximum Gasteiger partial charge on any atom is 0.322 e. The van der Waals surface area contributed by atoms with Crippen molar-refractivity contribution in [2.45, 2.75) is 45.2 Å². The Morgan fingerprint density at radius 3 is 2.58 bits per heavy atom. The summed E-state index contributed by atoms with van der Waals surface area (Å²) in [5, 5.41) is 5.25. The second-order valence-corrected chi connectivity index (χ2v) is 8.39. The Kier molecular flexibility index (Phi) is 6.83. The lowest BCUT2D eigenvalue weighted by Gasteiger charge is -2.41. The largest absolute Gasteiger partial charge is 0.495 e. The molecule has 0 spiro atoms. The van der Waals surface area contributed by atoms with Gasteiger partial charge in [0.1, 0.15) is 22.1 Å². The highest BCUT2D eigenvalue weighted by atomic mass is 35.5. The average Bonchev–Trinajstić information content (AvgIpc) is 2.99. The van der Waals surface area contributed by atoms with E-state index in [0.29, 0.717) is 42.8 Å². The van der Waals surface area contributed by atoms with Gasteiger partial charge in [-0.25, -0.2) is 4.79 Å². The van der Waals surface area contributed by atoms with E-state index in [1.54, 1.807) is 18.9 Å². The molecule has 0 saturated carbocycles. The van der Waals surface area contributed by atoms with Gasteiger partial charge in [0.25, 0.3) is 5.91 Å². The van der Waals surface area contributed by atoms with Gasteiger partial charge in [-0.05, 0) is 27.2 Å². The number of amides is 4. The first-order valence-electron chi connectivity index (χ1n) is 10.4. The highest BCUT2D eigenvalue weighted by Gasteiger charge is 2.42. The van der Waals surface area contributed by atoms with Crippen LogP contribution in [0.4, 0.5) is 10.5 Å². The SMILES string of the molecule is CCOc1cc(N2CCN(C(=O)CC[C@@]3(C)NC(=O)NC3=O)C[C@@H]2C)cc(OC)c1Cl. The van der Waals surface area contributed by atoms with Gasteiger partial charge in [0.2, 0.25) is 5.91 Å². The van der Waals surface area contributed by atoms with Crippen LogP contribution in [0, 0.1) is 0 Å². The maximum absolute atomic E-state index is 12.8. The molecule has 0 aliphatic carbocycles. The van der Waals surface area contributed by atoms with Crippen LogP contribution in [-0.4, -0.2) is 67.7 Å². The first-order valence-corrected chi connectivity index (χ1v) is 10.7. The number of anilines is 1. The summed E-state index contributed by atoms with van der Waals surface area (Å²) in [7, 11) is 1.56. The van der Waals surface area contributed by atoms with Crippen LogP contribution in [0.1, 0.15) is 33.6 Å². The first-order chi connectivity index (χ1) is 14.7. The number of nitrogens with zero attached hydrogens (tertiary/aromatic N) is 2. The van der Waals surface area contributed by atoms with Gasteiger partial charge in [-0.15, -0.1) is 0 Å². The van der Waals surface area contributed by atoms with E-state index in [1.165, 1.54) is 0 Å². The Bertz CT molecular complexity index is 880. The molecule has 2 fully saturated rings. The lowest BCUT2D eigenvalue weighted by molar-refractivity contribution is -0.132. The predicted molar refractivity (Wildman–Crippen MR) is 117 cm³/mol. The molecule has 2 N–H and O–H groups in total. The van der Waals surface area contributed by atoms with Gasteiger partial charge in [0.15, 0.2) is 0 Å². The molecule has 1 aromatic rings. The van der Waals surface area contributed by atoms with Crippen molar-refractivity contribution in [2.75, 3.05) is 38.3 Å². The third-order valence-electron chi connectivity index (χ3n) is 5.78. The smallest absolute Gasteiger partial charge is 0.322 e. The molecule has 2 atom stereocenters. The van der Waals surface area contributed by atoms with E-state index in [4.69, 9.17) is 21.1 Å². The zero-order chi connectivity index (χ0) is 22.8. The van der Waals surface area contributed by atoms with Crippen molar-refractivity contribution in [3.8, 4) is 11.5 Å². The zero-order valence-electron chi connectivity index (χ0n) is 18.3. The summed E-state index contributed by atoms with van der Waals surface area (Å²) in [5.41, 5.74) is -0.127. The summed E-state index contributed by atoms with van der Waals surface area (Å²) < 4.78 is 11.0. The fraction of sp³-hybridized carbons (Fsp3) is 0.571. The molecule has 2 aliphatic heterocycles. The Hall–Kier alpha value is -2.68. The van der Waals surface area contributed by atoms with Crippen molar-refractivity contribution in [1.82, 2.24) is 15.5 Å². The van der Waals surface area contributed by atoms with Crippen molar-refractivity contribution < 1.29 is 23.9 Å². The molecule has 0 aromatic heterocycles. The number of methoxy groups -OCH3 is 1. The third-order valence-corrected chi connectivity index (χ3v) is 6.15. The second kappa shape index (κ2) is 9.21. The lowest BCUT2D eigenvalue weighted by Crippen LogP contribution is -2.54. The van der Waals surface area contributed by atoms with E-state index in [0.717, 1.165) is 5.69 Å². The average molecular weight is 453 g/mol. The maximum atomic E-state index is 12.8. The molecule has 9 nitrogen and oxygen atoms in total. The van der Waals surface area contributed by atoms with Crippen LogP contribution in [0.5, 0.6) is 11.5 Å². The lowest BCUT2D eigenvalue weighted by atomic mass is 9.95. The molecule has 0 unspecified atom stereocenters. The fourth-order valence-electron chi connectivity index (χ4n) is 3.97. The van der Waals surface area contributed by atoms with Crippen LogP contribution in [0.3, 0.4) is 0 Å². The molecular formula is C21H29ClN4O5. The number of rotatable bonds is 7. The van der Waals surface area contributed by atoms with E-state index in [9.17, 15) is 14.4 Å². The summed E-state index contributed by atoms with van der Waals surface area (Å²) in [5.74, 6) is 0.670. The van der Waals surface area contributed by atoms with Crippen molar-refractivity contribution in [3.63, 3.8) is 0 Å². The molecule has 0 bridgehead atoms. The number of imide groups is 1. The molecule has 0 radical (unpaired) electrons. The summed E-state index contributed by atoms with van der Waals surface area (Å²) in [6.07, 6.45) is 0.435. The minimum absolute atomic E-state index is 0.0367. The van der Waals surface area contributed by atoms with Crippen LogP contribution in [-0.2, 0) is 9.59 Å². The quantitative estimate of drug-likeness (QED) is 0.615.